The van der Waals surface area contributed by atoms with E-state index < -0.39 is 6.10 Å². The number of aliphatic hydroxyl groups excluding tert-OH is 1. The van der Waals surface area contributed by atoms with Crippen molar-refractivity contribution in [2.24, 2.45) is 0 Å². The van der Waals surface area contributed by atoms with Crippen LogP contribution in [0.2, 0.25) is 0 Å². The normalized spacial score (nSPS) is 17.1. The second-order valence-electron chi connectivity index (χ2n) is 7.92. The van der Waals surface area contributed by atoms with E-state index in [-0.39, 0.29) is 0 Å². The van der Waals surface area contributed by atoms with E-state index in [0.717, 1.165) is 42.6 Å². The number of rotatable bonds is 6. The highest BCUT2D eigenvalue weighted by Crippen LogP contribution is 2.36. The predicted octanol–water partition coefficient (Wildman–Crippen LogP) is 5.00. The Morgan fingerprint density at radius 2 is 1.93 bits per heavy atom. The van der Waals surface area contributed by atoms with Crippen LogP contribution in [-0.4, -0.2) is 47.3 Å². The van der Waals surface area contributed by atoms with Crippen molar-refractivity contribution in [1.82, 2.24) is 9.88 Å². The zero-order valence-corrected chi connectivity index (χ0v) is 17.2. The van der Waals surface area contributed by atoms with Gasteiger partial charge in [0.25, 0.3) is 0 Å². The molecule has 0 spiro atoms. The van der Waals surface area contributed by atoms with Crippen LogP contribution < -0.4 is 4.74 Å². The number of aromatic nitrogens is 1. The summed E-state index contributed by atoms with van der Waals surface area (Å²) < 4.78 is 7.30. The first-order valence-corrected chi connectivity index (χ1v) is 11.2. The van der Waals surface area contributed by atoms with E-state index in [4.69, 9.17) is 4.74 Å². The molecule has 1 saturated heterocycles. The molecule has 5 rings (SSSR count). The number of ether oxygens (including phenoxy) is 1. The molecule has 1 aliphatic heterocycles. The molecule has 2 aromatic heterocycles. The van der Waals surface area contributed by atoms with Crippen molar-refractivity contribution in [2.75, 3.05) is 26.2 Å². The number of aromatic amines is 1. The van der Waals surface area contributed by atoms with Crippen molar-refractivity contribution in [3.63, 3.8) is 0 Å². The number of benzene rings is 2. The van der Waals surface area contributed by atoms with Gasteiger partial charge in [-0.25, -0.2) is 0 Å². The summed E-state index contributed by atoms with van der Waals surface area (Å²) in [4.78, 5) is 5.56. The fraction of sp³-hybridized carbons (Fsp3) is 0.333. The van der Waals surface area contributed by atoms with Gasteiger partial charge < -0.3 is 19.7 Å². The number of likely N-dealkylation sites (tertiary alicyclic amines) is 1. The first-order chi connectivity index (χ1) is 14.3. The number of piperidine rings is 1. The molecule has 1 fully saturated rings. The summed E-state index contributed by atoms with van der Waals surface area (Å²) in [6.07, 6.45) is 3.73. The molecule has 0 radical (unpaired) electrons. The molecule has 29 heavy (non-hydrogen) atoms. The average Bonchev–Trinajstić information content (AvgIpc) is 3.40. The van der Waals surface area contributed by atoms with Gasteiger partial charge in [0.1, 0.15) is 18.5 Å². The quantitative estimate of drug-likeness (QED) is 0.474. The lowest BCUT2D eigenvalue weighted by Crippen LogP contribution is -2.40. The van der Waals surface area contributed by atoms with Crippen LogP contribution in [0, 0.1) is 0 Å². The summed E-state index contributed by atoms with van der Waals surface area (Å²) in [6.45, 7) is 3.04. The first kappa shape index (κ1) is 18.7. The molecule has 0 saturated carbocycles. The lowest BCUT2D eigenvalue weighted by Gasteiger charge is -2.33. The van der Waals surface area contributed by atoms with Gasteiger partial charge in [-0.05, 0) is 72.4 Å². The van der Waals surface area contributed by atoms with E-state index in [1.54, 1.807) is 0 Å². The van der Waals surface area contributed by atoms with Crippen LogP contribution in [0.3, 0.4) is 0 Å². The Hall–Kier alpha value is -2.34. The van der Waals surface area contributed by atoms with E-state index in [2.05, 4.69) is 39.5 Å². The molecule has 150 valence electrons. The topological polar surface area (TPSA) is 48.5 Å². The van der Waals surface area contributed by atoms with E-state index in [0.29, 0.717) is 19.1 Å². The van der Waals surface area contributed by atoms with Crippen molar-refractivity contribution >= 4 is 32.3 Å². The van der Waals surface area contributed by atoms with Gasteiger partial charge in [-0.1, -0.05) is 24.3 Å². The van der Waals surface area contributed by atoms with Crippen LogP contribution in [0.15, 0.2) is 60.1 Å². The van der Waals surface area contributed by atoms with Crippen LogP contribution in [0.4, 0.5) is 0 Å². The highest BCUT2D eigenvalue weighted by atomic mass is 32.1. The second kappa shape index (κ2) is 8.19. The summed E-state index contributed by atoms with van der Waals surface area (Å²) in [5.41, 5.74) is 2.56. The van der Waals surface area contributed by atoms with E-state index in [1.807, 2.05) is 41.8 Å². The number of thiophene rings is 1. The zero-order chi connectivity index (χ0) is 19.6. The van der Waals surface area contributed by atoms with Gasteiger partial charge in [-0.15, -0.1) is 11.3 Å². The summed E-state index contributed by atoms with van der Waals surface area (Å²) >= 11 is 1.85. The monoisotopic (exact) mass is 406 g/mol. The molecular formula is C24H26N2O2S. The molecule has 0 aliphatic carbocycles. The molecule has 3 heterocycles. The number of hydrogen-bond acceptors (Lipinski definition) is 4. The number of β-amino-alcohol motifs (C(OH)–C–C–N with tert-alkyl or cyclic N) is 1. The Labute approximate surface area is 174 Å². The largest absolute Gasteiger partial charge is 0.490 e. The summed E-state index contributed by atoms with van der Waals surface area (Å²) in [6, 6.07) is 16.7. The van der Waals surface area contributed by atoms with Crippen molar-refractivity contribution in [3.8, 4) is 5.75 Å². The lowest BCUT2D eigenvalue weighted by molar-refractivity contribution is 0.0600. The number of nitrogens with zero attached hydrogens (tertiary/aromatic N) is 1. The maximum absolute atomic E-state index is 10.5. The maximum atomic E-state index is 10.5. The van der Waals surface area contributed by atoms with Gasteiger partial charge >= 0.3 is 0 Å². The first-order valence-electron chi connectivity index (χ1n) is 10.3. The van der Waals surface area contributed by atoms with Crippen LogP contribution in [-0.2, 0) is 0 Å². The number of hydrogen-bond donors (Lipinski definition) is 2. The molecule has 5 heteroatoms. The fourth-order valence-electron chi connectivity index (χ4n) is 4.46. The van der Waals surface area contributed by atoms with Crippen LogP contribution >= 0.6 is 11.3 Å². The number of H-pyrrole nitrogens is 1. The van der Waals surface area contributed by atoms with Crippen molar-refractivity contribution in [1.29, 1.82) is 0 Å². The van der Waals surface area contributed by atoms with Crippen molar-refractivity contribution < 1.29 is 9.84 Å². The molecular weight excluding hydrogens is 380 g/mol. The van der Waals surface area contributed by atoms with Crippen LogP contribution in [0.5, 0.6) is 5.75 Å². The molecule has 2 aromatic carbocycles. The van der Waals surface area contributed by atoms with E-state index in [1.165, 1.54) is 15.6 Å². The third-order valence-electron chi connectivity index (χ3n) is 5.99. The summed E-state index contributed by atoms with van der Waals surface area (Å²) in [7, 11) is 0. The predicted molar refractivity (Wildman–Crippen MR) is 120 cm³/mol. The van der Waals surface area contributed by atoms with Gasteiger partial charge in [0.05, 0.1) is 0 Å². The second-order valence-corrected chi connectivity index (χ2v) is 8.83. The van der Waals surface area contributed by atoms with Gasteiger partial charge in [-0.2, -0.15) is 0 Å². The standard InChI is InChI=1S/C24H26N2O2S/c27-18(15-28-23-6-3-5-22-20(23)8-11-25-22)14-26-12-9-17(10-13-26)21-16-29-24-7-2-1-4-19(21)24/h1-8,11,16-18,25,27H,9-10,12-15H2/t18-/m1/s1. The fourth-order valence-corrected chi connectivity index (χ4v) is 5.50. The number of nitrogens with one attached hydrogen (secondary N) is 1. The van der Waals surface area contributed by atoms with E-state index >= 15 is 0 Å². The van der Waals surface area contributed by atoms with Crippen molar-refractivity contribution in [2.45, 2.75) is 24.9 Å². The minimum atomic E-state index is -0.484. The Kier molecular flexibility index (Phi) is 5.27. The van der Waals surface area contributed by atoms with Crippen molar-refractivity contribution in [3.05, 3.63) is 65.7 Å². The van der Waals surface area contributed by atoms with Crippen LogP contribution in [0.25, 0.3) is 21.0 Å². The van der Waals surface area contributed by atoms with Crippen LogP contribution in [0.1, 0.15) is 24.3 Å². The molecule has 0 unspecified atom stereocenters. The lowest BCUT2D eigenvalue weighted by atomic mass is 9.89. The Morgan fingerprint density at radius 1 is 1.07 bits per heavy atom. The minimum Gasteiger partial charge on any atom is -0.490 e. The van der Waals surface area contributed by atoms with Gasteiger partial charge in [-0.3, -0.25) is 0 Å². The average molecular weight is 407 g/mol. The highest BCUT2D eigenvalue weighted by Gasteiger charge is 2.24. The Balaban J connectivity index is 1.14. The smallest absolute Gasteiger partial charge is 0.128 e. The maximum Gasteiger partial charge on any atom is 0.128 e. The summed E-state index contributed by atoms with van der Waals surface area (Å²) in [5, 5.41) is 15.3. The molecule has 0 bridgehead atoms. The minimum absolute atomic E-state index is 0.319. The molecule has 4 aromatic rings. The third-order valence-corrected chi connectivity index (χ3v) is 6.98. The van der Waals surface area contributed by atoms with Gasteiger partial charge in [0.15, 0.2) is 0 Å². The molecule has 2 N–H and O–H groups in total. The number of aliphatic hydroxyl groups is 1. The molecule has 4 nitrogen and oxygen atoms in total. The zero-order valence-electron chi connectivity index (χ0n) is 16.4. The molecule has 1 atom stereocenters. The Morgan fingerprint density at radius 3 is 2.83 bits per heavy atom. The van der Waals surface area contributed by atoms with Gasteiger partial charge in [0, 0.05) is 28.3 Å². The Bertz CT molecular complexity index is 1090. The summed E-state index contributed by atoms with van der Waals surface area (Å²) in [5.74, 6) is 1.45. The SMILES string of the molecule is O[C@@H](COc1cccc2[nH]ccc12)CN1CCC(c2csc3ccccc23)CC1. The van der Waals surface area contributed by atoms with Gasteiger partial charge in [0.2, 0.25) is 0 Å². The molecule has 0 amide bonds. The third kappa shape index (κ3) is 3.90. The van der Waals surface area contributed by atoms with E-state index in [9.17, 15) is 5.11 Å². The molecule has 1 aliphatic rings. The number of fused-ring (bicyclic) bond motifs is 2. The highest BCUT2D eigenvalue weighted by molar-refractivity contribution is 7.17.